The van der Waals surface area contributed by atoms with Crippen LogP contribution in [-0.4, -0.2) is 26.9 Å². The van der Waals surface area contributed by atoms with E-state index in [0.29, 0.717) is 5.25 Å². The lowest BCUT2D eigenvalue weighted by Gasteiger charge is -2.23. The molecule has 54 valence electrons. The minimum Gasteiger partial charge on any atom is -0.313 e. The van der Waals surface area contributed by atoms with E-state index in [-0.39, 0.29) is 4.87 Å². The van der Waals surface area contributed by atoms with E-state index in [4.69, 9.17) is 0 Å². The van der Waals surface area contributed by atoms with Crippen LogP contribution in [-0.2, 0) is 0 Å². The van der Waals surface area contributed by atoms with Crippen LogP contribution in [0, 0.1) is 0 Å². The van der Waals surface area contributed by atoms with Crippen LogP contribution in [0.2, 0.25) is 0 Å². The predicted octanol–water partition coefficient (Wildman–Crippen LogP) is 1.55. The summed E-state index contributed by atoms with van der Waals surface area (Å²) in [6.07, 6.45) is 0. The number of hydroxylamine groups is 2. The zero-order valence-electron chi connectivity index (χ0n) is 6.09. The molecule has 1 N–H and O–H groups in total. The van der Waals surface area contributed by atoms with Crippen LogP contribution in [0.1, 0.15) is 20.8 Å². The average Bonchev–Trinajstić information content (AvgIpc) is 1.79. The van der Waals surface area contributed by atoms with Crippen LogP contribution in [0.4, 0.5) is 0 Å². The lowest BCUT2D eigenvalue weighted by molar-refractivity contribution is -0.119. The zero-order chi connectivity index (χ0) is 7.07. The average molecular weight is 147 g/mol. The van der Waals surface area contributed by atoms with Crippen molar-refractivity contribution in [1.82, 2.24) is 5.06 Å². The first-order valence-electron chi connectivity index (χ1n) is 3.17. The summed E-state index contributed by atoms with van der Waals surface area (Å²) in [6.45, 7) is 6.97. The third kappa shape index (κ3) is 1.39. The maximum atomic E-state index is 9.24. The van der Waals surface area contributed by atoms with E-state index in [0.717, 1.165) is 6.54 Å². The van der Waals surface area contributed by atoms with E-state index < -0.39 is 0 Å². The van der Waals surface area contributed by atoms with Gasteiger partial charge in [0, 0.05) is 11.8 Å². The van der Waals surface area contributed by atoms with Crippen molar-refractivity contribution in [3.63, 3.8) is 0 Å². The van der Waals surface area contributed by atoms with Gasteiger partial charge in [-0.3, -0.25) is 0 Å². The fraction of sp³-hybridized carbons (Fsp3) is 1.00. The van der Waals surface area contributed by atoms with Gasteiger partial charge >= 0.3 is 0 Å². The van der Waals surface area contributed by atoms with Crippen molar-refractivity contribution in [3.8, 4) is 0 Å². The van der Waals surface area contributed by atoms with Gasteiger partial charge in [0.25, 0.3) is 0 Å². The molecule has 0 aromatic heterocycles. The number of hydrogen-bond acceptors (Lipinski definition) is 3. The topological polar surface area (TPSA) is 23.5 Å². The molecule has 1 aliphatic heterocycles. The molecule has 0 bridgehead atoms. The molecule has 0 amide bonds. The molecule has 0 aromatic rings. The molecule has 1 unspecified atom stereocenters. The van der Waals surface area contributed by atoms with Crippen molar-refractivity contribution in [1.29, 1.82) is 0 Å². The molecule has 9 heavy (non-hydrogen) atoms. The van der Waals surface area contributed by atoms with E-state index >= 15 is 0 Å². The largest absolute Gasteiger partial charge is 0.313 e. The van der Waals surface area contributed by atoms with E-state index in [1.165, 1.54) is 5.06 Å². The standard InChI is InChI=1S/C6H13NOS/c1-5-4-7(8)6(2,3)9-5/h5,8H,4H2,1-3H3. The van der Waals surface area contributed by atoms with E-state index in [1.54, 1.807) is 11.8 Å². The minimum atomic E-state index is -0.0700. The van der Waals surface area contributed by atoms with Crippen LogP contribution in [0.15, 0.2) is 0 Å². The van der Waals surface area contributed by atoms with Crippen LogP contribution in [0.3, 0.4) is 0 Å². The summed E-state index contributed by atoms with van der Waals surface area (Å²) in [7, 11) is 0. The molecule has 1 heterocycles. The molecule has 0 saturated carbocycles. The summed E-state index contributed by atoms with van der Waals surface area (Å²) in [5, 5.41) is 11.2. The van der Waals surface area contributed by atoms with Gasteiger partial charge in [0.15, 0.2) is 0 Å². The number of hydrogen-bond donors (Lipinski definition) is 1. The monoisotopic (exact) mass is 147 g/mol. The first kappa shape index (κ1) is 7.38. The number of rotatable bonds is 0. The maximum absolute atomic E-state index is 9.24. The van der Waals surface area contributed by atoms with Crippen molar-refractivity contribution >= 4 is 11.8 Å². The SMILES string of the molecule is CC1CN(O)C(C)(C)S1. The lowest BCUT2D eigenvalue weighted by atomic mass is 10.3. The van der Waals surface area contributed by atoms with Gasteiger partial charge in [-0.25, -0.2) is 0 Å². The van der Waals surface area contributed by atoms with Crippen LogP contribution in [0.25, 0.3) is 0 Å². The van der Waals surface area contributed by atoms with Crippen LogP contribution < -0.4 is 0 Å². The van der Waals surface area contributed by atoms with Gasteiger partial charge in [0.1, 0.15) is 0 Å². The lowest BCUT2D eigenvalue weighted by Crippen LogP contribution is -2.33. The Kier molecular flexibility index (Phi) is 1.76. The van der Waals surface area contributed by atoms with Gasteiger partial charge in [-0.2, -0.15) is 5.06 Å². The summed E-state index contributed by atoms with van der Waals surface area (Å²) in [5.41, 5.74) is 0. The molecule has 1 fully saturated rings. The van der Waals surface area contributed by atoms with Gasteiger partial charge in [-0.05, 0) is 13.8 Å². The molecule has 3 heteroatoms. The molecule has 0 radical (unpaired) electrons. The van der Waals surface area contributed by atoms with Gasteiger partial charge < -0.3 is 5.21 Å². The fourth-order valence-corrected chi connectivity index (χ4v) is 2.45. The predicted molar refractivity (Wildman–Crippen MR) is 39.6 cm³/mol. The van der Waals surface area contributed by atoms with Crippen molar-refractivity contribution in [2.45, 2.75) is 30.9 Å². The Morgan fingerprint density at radius 2 is 2.22 bits per heavy atom. The summed E-state index contributed by atoms with van der Waals surface area (Å²) in [4.78, 5) is -0.0700. The second-order valence-corrected chi connectivity index (χ2v) is 5.00. The Balaban J connectivity index is 2.58. The van der Waals surface area contributed by atoms with Crippen LogP contribution in [0.5, 0.6) is 0 Å². The smallest absolute Gasteiger partial charge is 0.0857 e. The van der Waals surface area contributed by atoms with Crippen LogP contribution >= 0.6 is 11.8 Å². The van der Waals surface area contributed by atoms with Gasteiger partial charge in [-0.15, -0.1) is 11.8 Å². The first-order chi connectivity index (χ1) is 4.02. The Bertz CT molecular complexity index is 116. The molecule has 1 rings (SSSR count). The third-order valence-electron chi connectivity index (χ3n) is 1.54. The number of nitrogens with zero attached hydrogens (tertiary/aromatic N) is 1. The summed E-state index contributed by atoms with van der Waals surface area (Å²) < 4.78 is 0. The molecule has 0 spiro atoms. The Hall–Kier alpha value is 0.270. The molecule has 0 aliphatic carbocycles. The first-order valence-corrected chi connectivity index (χ1v) is 4.04. The summed E-state index contributed by atoms with van der Waals surface area (Å²) >= 11 is 1.81. The fourth-order valence-electron chi connectivity index (χ4n) is 1.05. The van der Waals surface area contributed by atoms with Crippen molar-refractivity contribution < 1.29 is 5.21 Å². The molecule has 1 aliphatic rings. The Morgan fingerprint density at radius 1 is 1.67 bits per heavy atom. The summed E-state index contributed by atoms with van der Waals surface area (Å²) in [5.74, 6) is 0. The van der Waals surface area contributed by atoms with E-state index in [1.807, 2.05) is 13.8 Å². The second kappa shape index (κ2) is 2.15. The highest BCUT2D eigenvalue weighted by Gasteiger charge is 2.35. The molecule has 1 saturated heterocycles. The molecular formula is C6H13NOS. The second-order valence-electron chi connectivity index (χ2n) is 2.96. The van der Waals surface area contributed by atoms with E-state index in [9.17, 15) is 5.21 Å². The van der Waals surface area contributed by atoms with Gasteiger partial charge in [-0.1, -0.05) is 6.92 Å². The Morgan fingerprint density at radius 3 is 2.33 bits per heavy atom. The summed E-state index contributed by atoms with van der Waals surface area (Å²) in [6, 6.07) is 0. The minimum absolute atomic E-state index is 0.0700. The molecule has 1 atom stereocenters. The highest BCUT2D eigenvalue weighted by atomic mass is 32.2. The molecule has 0 aromatic carbocycles. The molecular weight excluding hydrogens is 134 g/mol. The van der Waals surface area contributed by atoms with Crippen molar-refractivity contribution in [3.05, 3.63) is 0 Å². The van der Waals surface area contributed by atoms with E-state index in [2.05, 4.69) is 6.92 Å². The highest BCUT2D eigenvalue weighted by Crippen LogP contribution is 2.37. The highest BCUT2D eigenvalue weighted by molar-refractivity contribution is 8.01. The van der Waals surface area contributed by atoms with Crippen molar-refractivity contribution in [2.24, 2.45) is 0 Å². The molecule has 2 nitrogen and oxygen atoms in total. The zero-order valence-corrected chi connectivity index (χ0v) is 6.90. The normalized spacial score (nSPS) is 35.3. The third-order valence-corrected chi connectivity index (χ3v) is 2.88. The Labute approximate surface area is 60.2 Å². The van der Waals surface area contributed by atoms with Gasteiger partial charge in [0.05, 0.1) is 4.87 Å². The van der Waals surface area contributed by atoms with Crippen molar-refractivity contribution in [2.75, 3.05) is 6.54 Å². The quantitative estimate of drug-likeness (QED) is 0.562. The van der Waals surface area contributed by atoms with Gasteiger partial charge in [0.2, 0.25) is 0 Å². The number of thioether (sulfide) groups is 1. The maximum Gasteiger partial charge on any atom is 0.0857 e.